The first-order valence-electron chi connectivity index (χ1n) is 13.0. The Morgan fingerprint density at radius 3 is 2.68 bits per heavy atom. The van der Waals surface area contributed by atoms with E-state index in [1.54, 1.807) is 11.8 Å². The Bertz CT molecular complexity index is 1670. The quantitative estimate of drug-likeness (QED) is 0.212. The molecule has 6 rings (SSSR count). The molecule has 3 atom stereocenters. The van der Waals surface area contributed by atoms with Crippen LogP contribution in [0.15, 0.2) is 112 Å². The van der Waals surface area contributed by atoms with Gasteiger partial charge in [0, 0.05) is 31.4 Å². The number of anilines is 3. The van der Waals surface area contributed by atoms with Gasteiger partial charge >= 0.3 is 6.03 Å². The first-order valence-corrected chi connectivity index (χ1v) is 16.0. The molecule has 1 aliphatic heterocycles. The predicted octanol–water partition coefficient (Wildman–Crippen LogP) is 8.59. The molecule has 0 saturated heterocycles. The van der Waals surface area contributed by atoms with Crippen molar-refractivity contribution >= 4 is 74.9 Å². The fourth-order valence-corrected chi connectivity index (χ4v) is 7.78. The Morgan fingerprint density at radius 2 is 1.80 bits per heavy atom. The van der Waals surface area contributed by atoms with Crippen LogP contribution in [-0.4, -0.2) is 33.5 Å². The predicted molar refractivity (Wildman–Crippen MR) is 173 cm³/mol. The minimum atomic E-state index is -0.389. The molecule has 1 aliphatic carbocycles. The van der Waals surface area contributed by atoms with Gasteiger partial charge in [-0.1, -0.05) is 72.3 Å². The van der Waals surface area contributed by atoms with E-state index in [9.17, 15) is 9.59 Å². The highest BCUT2D eigenvalue weighted by Crippen LogP contribution is 2.43. The summed E-state index contributed by atoms with van der Waals surface area (Å²) in [5.41, 5.74) is 3.11. The zero-order valence-electron chi connectivity index (χ0n) is 21.9. The van der Waals surface area contributed by atoms with Crippen molar-refractivity contribution in [1.82, 2.24) is 4.98 Å². The van der Waals surface area contributed by atoms with Crippen molar-refractivity contribution in [2.45, 2.75) is 33.3 Å². The summed E-state index contributed by atoms with van der Waals surface area (Å²) < 4.78 is 0. The Hall–Kier alpha value is -3.50. The number of aromatic nitrogens is 1. The summed E-state index contributed by atoms with van der Waals surface area (Å²) in [6, 6.07) is 22.8. The summed E-state index contributed by atoms with van der Waals surface area (Å²) in [5.74, 6) is -0.157. The number of benzene rings is 3. The molecule has 2 heterocycles. The maximum atomic E-state index is 13.6. The molecular weight excluding hydrogens is 592 g/mol. The van der Waals surface area contributed by atoms with Gasteiger partial charge in [0.15, 0.2) is 5.13 Å². The lowest BCUT2D eigenvalue weighted by Gasteiger charge is -2.40. The molecule has 4 aromatic rings. The highest BCUT2D eigenvalue weighted by molar-refractivity contribution is 8.00. The molecule has 2 N–H and O–H groups in total. The van der Waals surface area contributed by atoms with Crippen LogP contribution < -0.4 is 15.5 Å². The fourth-order valence-electron chi connectivity index (χ4n) is 4.64. The number of hydrogen-bond acceptors (Lipinski definition) is 6. The molecule has 206 valence electrons. The molecular formula is C31H25ClN4O2S3. The van der Waals surface area contributed by atoms with Crippen molar-refractivity contribution < 1.29 is 9.59 Å². The van der Waals surface area contributed by atoms with Crippen molar-refractivity contribution in [2.75, 3.05) is 15.5 Å². The number of amides is 3. The van der Waals surface area contributed by atoms with Crippen LogP contribution >= 0.6 is 46.5 Å². The molecule has 2 aliphatic rings. The van der Waals surface area contributed by atoms with Gasteiger partial charge in [-0.05, 0) is 43.3 Å². The van der Waals surface area contributed by atoms with Crippen molar-refractivity contribution in [2.24, 2.45) is 0 Å². The number of urea groups is 1. The number of thioether (sulfide) groups is 2. The van der Waals surface area contributed by atoms with Crippen LogP contribution in [0.1, 0.15) is 6.92 Å². The molecule has 10 heteroatoms. The minimum absolute atomic E-state index is 0.0783. The Labute approximate surface area is 255 Å². The lowest BCUT2D eigenvalue weighted by molar-refractivity contribution is -0.115. The van der Waals surface area contributed by atoms with Gasteiger partial charge in [0.2, 0.25) is 5.91 Å². The highest BCUT2D eigenvalue weighted by Gasteiger charge is 2.36. The molecule has 0 saturated carbocycles. The van der Waals surface area contributed by atoms with Gasteiger partial charge in [0.25, 0.3) is 0 Å². The highest BCUT2D eigenvalue weighted by atomic mass is 35.5. The second-order valence-electron chi connectivity index (χ2n) is 9.41. The third-order valence-electron chi connectivity index (χ3n) is 6.61. The topological polar surface area (TPSA) is 74.3 Å². The summed E-state index contributed by atoms with van der Waals surface area (Å²) >= 11 is 10.8. The minimum Gasteiger partial charge on any atom is -0.307 e. The fraction of sp³-hybridized carbons (Fsp3) is 0.129. The summed E-state index contributed by atoms with van der Waals surface area (Å²) in [7, 11) is 0. The molecule has 0 radical (unpaired) electrons. The number of allylic oxidation sites excluding steroid dienone is 2. The van der Waals surface area contributed by atoms with Crippen LogP contribution in [0.25, 0.3) is 11.3 Å². The van der Waals surface area contributed by atoms with Crippen molar-refractivity contribution in [3.8, 4) is 11.3 Å². The first kappa shape index (κ1) is 27.7. The van der Waals surface area contributed by atoms with E-state index in [-0.39, 0.29) is 28.5 Å². The van der Waals surface area contributed by atoms with E-state index in [1.165, 1.54) is 23.1 Å². The summed E-state index contributed by atoms with van der Waals surface area (Å²) in [5, 5.41) is 8.76. The van der Waals surface area contributed by atoms with Crippen LogP contribution in [0.4, 0.5) is 21.3 Å². The van der Waals surface area contributed by atoms with Gasteiger partial charge in [-0.3, -0.25) is 9.69 Å². The monoisotopic (exact) mass is 616 g/mol. The Balaban J connectivity index is 1.12. The average Bonchev–Trinajstić information content (AvgIpc) is 3.44. The molecule has 3 amide bonds. The average molecular weight is 617 g/mol. The summed E-state index contributed by atoms with van der Waals surface area (Å²) in [6.07, 6.45) is 8.23. The molecule has 3 aromatic carbocycles. The van der Waals surface area contributed by atoms with E-state index in [0.717, 1.165) is 26.7 Å². The van der Waals surface area contributed by atoms with E-state index in [1.807, 2.05) is 96.1 Å². The van der Waals surface area contributed by atoms with Gasteiger partial charge in [-0.15, -0.1) is 34.9 Å². The Morgan fingerprint density at radius 1 is 1.00 bits per heavy atom. The van der Waals surface area contributed by atoms with Crippen molar-refractivity contribution in [3.05, 3.63) is 108 Å². The number of nitrogens with one attached hydrogen (secondary N) is 2. The second-order valence-corrected chi connectivity index (χ2v) is 13.3. The number of para-hydroxylation sites is 1. The third kappa shape index (κ3) is 6.08. The maximum Gasteiger partial charge on any atom is 0.326 e. The largest absolute Gasteiger partial charge is 0.326 e. The van der Waals surface area contributed by atoms with E-state index >= 15 is 0 Å². The van der Waals surface area contributed by atoms with E-state index < -0.39 is 0 Å². The molecule has 0 bridgehead atoms. The number of fused-ring (bicyclic) bond motifs is 2. The first-order chi connectivity index (χ1) is 20.0. The van der Waals surface area contributed by atoms with Gasteiger partial charge in [-0.25, -0.2) is 9.78 Å². The normalized spacial score (nSPS) is 17.9. The zero-order chi connectivity index (χ0) is 28.3. The number of nitrogens with zero attached hydrogens (tertiary/aromatic N) is 2. The van der Waals surface area contributed by atoms with E-state index in [0.29, 0.717) is 15.8 Å². The number of thiazole rings is 1. The molecule has 0 spiro atoms. The zero-order valence-corrected chi connectivity index (χ0v) is 25.1. The number of carbonyl (C=O) groups is 2. The van der Waals surface area contributed by atoms with Gasteiger partial charge in [0.1, 0.15) is 0 Å². The number of carbonyl (C=O) groups excluding carboxylic acids is 2. The smallest absolute Gasteiger partial charge is 0.307 e. The van der Waals surface area contributed by atoms with Crippen molar-refractivity contribution in [1.29, 1.82) is 0 Å². The molecule has 1 aromatic heterocycles. The summed E-state index contributed by atoms with van der Waals surface area (Å²) in [6.45, 7) is 1.85. The molecule has 3 unspecified atom stereocenters. The third-order valence-corrected chi connectivity index (χ3v) is 10.1. The van der Waals surface area contributed by atoms with Crippen molar-refractivity contribution in [3.63, 3.8) is 0 Å². The maximum absolute atomic E-state index is 13.6. The lowest BCUT2D eigenvalue weighted by Crippen LogP contribution is -2.49. The molecule has 0 fully saturated rings. The van der Waals surface area contributed by atoms with Crippen LogP contribution in [0.5, 0.6) is 0 Å². The SMILES string of the molecule is CC(Sc1cccc(NC(=O)N2c3ccccc3SC3C=CC=CC32)c1)C(=O)Nc1nc(-c2ccccc2Cl)cs1. The van der Waals surface area contributed by atoms with Gasteiger partial charge < -0.3 is 10.6 Å². The van der Waals surface area contributed by atoms with Gasteiger partial charge in [0.05, 0.1) is 27.9 Å². The second kappa shape index (κ2) is 12.2. The summed E-state index contributed by atoms with van der Waals surface area (Å²) in [4.78, 5) is 34.9. The van der Waals surface area contributed by atoms with Crippen LogP contribution in [-0.2, 0) is 4.79 Å². The Kier molecular flexibility index (Phi) is 8.20. The van der Waals surface area contributed by atoms with Gasteiger partial charge in [-0.2, -0.15) is 0 Å². The van der Waals surface area contributed by atoms with Crippen LogP contribution in [0.2, 0.25) is 5.02 Å². The molecule has 41 heavy (non-hydrogen) atoms. The van der Waals surface area contributed by atoms with Crippen LogP contribution in [0, 0.1) is 0 Å². The van der Waals surface area contributed by atoms with E-state index in [4.69, 9.17) is 11.6 Å². The molecule has 6 nitrogen and oxygen atoms in total. The number of halogens is 1. The number of rotatable bonds is 6. The lowest BCUT2D eigenvalue weighted by atomic mass is 10.1. The standard InChI is InChI=1S/C31H25ClN4O2S3/c1-19(29(37)35-30-34-24(18-39-30)22-11-2-3-12-23(22)32)40-21-10-8-9-20(17-21)33-31(38)36-25-13-4-6-15-27(25)41-28-16-7-5-14-26(28)36/h2-19,25,27H,1H3,(H,33,38)(H,34,35,37). The van der Waals surface area contributed by atoms with E-state index in [2.05, 4.69) is 33.8 Å². The number of hydrogen-bond donors (Lipinski definition) is 2. The van der Waals surface area contributed by atoms with Crippen LogP contribution in [0.3, 0.4) is 0 Å².